The van der Waals surface area contributed by atoms with Gasteiger partial charge in [-0.2, -0.15) is 0 Å². The van der Waals surface area contributed by atoms with E-state index in [1.807, 2.05) is 42.8 Å². The molecule has 0 unspecified atom stereocenters. The van der Waals surface area contributed by atoms with Crippen LogP contribution in [0.4, 0.5) is 8.78 Å². The second kappa shape index (κ2) is 8.83. The number of rotatable bonds is 7. The number of amides is 1. The molecule has 3 aromatic rings. The summed E-state index contributed by atoms with van der Waals surface area (Å²) in [5.41, 5.74) is 1.83. The molecule has 0 radical (unpaired) electrons. The lowest BCUT2D eigenvalue weighted by molar-refractivity contribution is 0.0714. The summed E-state index contributed by atoms with van der Waals surface area (Å²) in [6.07, 6.45) is 1.90. The first-order valence-corrected chi connectivity index (χ1v) is 9.36. The average Bonchev–Trinajstić information content (AvgIpc) is 3.07. The highest BCUT2D eigenvalue weighted by molar-refractivity contribution is 5.94. The van der Waals surface area contributed by atoms with Gasteiger partial charge in [-0.15, -0.1) is 0 Å². The second-order valence-electron chi connectivity index (χ2n) is 7.32. The highest BCUT2D eigenvalue weighted by Gasteiger charge is 2.21. The number of halogens is 2. The van der Waals surface area contributed by atoms with Crippen molar-refractivity contribution in [2.75, 3.05) is 6.54 Å². The predicted octanol–water partition coefficient (Wildman–Crippen LogP) is 5.11. The zero-order chi connectivity index (χ0) is 20.1. The fourth-order valence-electron chi connectivity index (χ4n) is 3.24. The molecule has 3 nitrogen and oxygen atoms in total. The Morgan fingerprint density at radius 1 is 1.04 bits per heavy atom. The number of carbonyl (C=O) groups is 1. The zero-order valence-corrected chi connectivity index (χ0v) is 16.1. The van der Waals surface area contributed by atoms with Crippen LogP contribution in [0.25, 0.3) is 0 Å². The van der Waals surface area contributed by atoms with Crippen molar-refractivity contribution in [1.29, 1.82) is 0 Å². The number of hydrogen-bond acceptors (Lipinski definition) is 1. The monoisotopic (exact) mass is 382 g/mol. The fourth-order valence-corrected chi connectivity index (χ4v) is 3.24. The Bertz CT molecular complexity index is 949. The first-order valence-electron chi connectivity index (χ1n) is 9.36. The minimum absolute atomic E-state index is 0.0754. The Kier molecular flexibility index (Phi) is 6.24. The molecular formula is C23H24F2N2O. The van der Waals surface area contributed by atoms with Gasteiger partial charge >= 0.3 is 0 Å². The van der Waals surface area contributed by atoms with E-state index in [2.05, 4.69) is 0 Å². The van der Waals surface area contributed by atoms with Gasteiger partial charge in [-0.3, -0.25) is 4.79 Å². The lowest BCUT2D eigenvalue weighted by Crippen LogP contribution is -2.35. The number of benzene rings is 2. The molecule has 1 aromatic heterocycles. The Balaban J connectivity index is 1.83. The number of aromatic nitrogens is 1. The van der Waals surface area contributed by atoms with Crippen molar-refractivity contribution in [3.05, 3.63) is 95.3 Å². The van der Waals surface area contributed by atoms with E-state index >= 15 is 0 Å². The summed E-state index contributed by atoms with van der Waals surface area (Å²) in [4.78, 5) is 14.6. The molecule has 1 heterocycles. The van der Waals surface area contributed by atoms with Crippen LogP contribution in [0.2, 0.25) is 0 Å². The predicted molar refractivity (Wildman–Crippen MR) is 106 cm³/mol. The van der Waals surface area contributed by atoms with Gasteiger partial charge in [0.25, 0.3) is 5.91 Å². The third-order valence-corrected chi connectivity index (χ3v) is 4.50. The molecule has 0 saturated carbocycles. The van der Waals surface area contributed by atoms with Crippen LogP contribution in [0.1, 0.15) is 35.5 Å². The van der Waals surface area contributed by atoms with Crippen molar-refractivity contribution in [1.82, 2.24) is 9.47 Å². The Hall–Kier alpha value is -2.95. The molecule has 2 aromatic carbocycles. The van der Waals surface area contributed by atoms with Crippen LogP contribution in [0.5, 0.6) is 0 Å². The molecule has 0 aliphatic heterocycles. The smallest absolute Gasteiger partial charge is 0.257 e. The maximum atomic E-state index is 14.1. The van der Waals surface area contributed by atoms with E-state index in [0.717, 1.165) is 11.3 Å². The molecule has 0 aliphatic rings. The van der Waals surface area contributed by atoms with Gasteiger partial charge in [-0.25, -0.2) is 8.78 Å². The van der Waals surface area contributed by atoms with Crippen LogP contribution in [-0.4, -0.2) is 21.9 Å². The van der Waals surface area contributed by atoms with Gasteiger partial charge in [0.15, 0.2) is 0 Å². The molecule has 0 aliphatic carbocycles. The van der Waals surface area contributed by atoms with Gasteiger partial charge in [0.1, 0.15) is 11.6 Å². The minimum Gasteiger partial charge on any atom is -0.345 e. The summed E-state index contributed by atoms with van der Waals surface area (Å²) in [7, 11) is 0. The molecule has 1 amide bonds. The van der Waals surface area contributed by atoms with E-state index in [9.17, 15) is 13.6 Å². The summed E-state index contributed by atoms with van der Waals surface area (Å²) in [6.45, 7) is 5.41. The highest BCUT2D eigenvalue weighted by Crippen LogP contribution is 2.17. The summed E-state index contributed by atoms with van der Waals surface area (Å²) in [6, 6.07) is 16.3. The third-order valence-electron chi connectivity index (χ3n) is 4.50. The molecule has 0 fully saturated rings. The van der Waals surface area contributed by atoms with Crippen molar-refractivity contribution in [2.24, 2.45) is 5.92 Å². The molecule has 5 heteroatoms. The van der Waals surface area contributed by atoms with Crippen molar-refractivity contribution < 1.29 is 13.6 Å². The molecule has 0 saturated heterocycles. The first-order chi connectivity index (χ1) is 13.4. The molecule has 0 N–H and O–H groups in total. The largest absolute Gasteiger partial charge is 0.345 e. The van der Waals surface area contributed by atoms with Crippen molar-refractivity contribution >= 4 is 5.91 Å². The third kappa shape index (κ3) is 4.85. The molecule has 3 rings (SSSR count). The average molecular weight is 382 g/mol. The summed E-state index contributed by atoms with van der Waals surface area (Å²) < 4.78 is 29.6. The van der Waals surface area contributed by atoms with E-state index in [4.69, 9.17) is 0 Å². The normalized spacial score (nSPS) is 11.0. The van der Waals surface area contributed by atoms with Gasteiger partial charge < -0.3 is 9.47 Å². The van der Waals surface area contributed by atoms with Crippen LogP contribution in [-0.2, 0) is 13.1 Å². The number of hydrogen-bond donors (Lipinski definition) is 0. The molecule has 0 bridgehead atoms. The second-order valence-corrected chi connectivity index (χ2v) is 7.32. The van der Waals surface area contributed by atoms with Gasteiger partial charge in [0, 0.05) is 25.0 Å². The lowest BCUT2D eigenvalue weighted by Gasteiger charge is -2.25. The topological polar surface area (TPSA) is 25.2 Å². The molecular weight excluding hydrogens is 358 g/mol. The van der Waals surface area contributed by atoms with Crippen LogP contribution in [0.15, 0.2) is 66.9 Å². The van der Waals surface area contributed by atoms with Crippen molar-refractivity contribution in [2.45, 2.75) is 26.9 Å². The van der Waals surface area contributed by atoms with E-state index in [1.54, 1.807) is 23.1 Å². The van der Waals surface area contributed by atoms with E-state index < -0.39 is 5.82 Å². The Morgan fingerprint density at radius 3 is 2.54 bits per heavy atom. The summed E-state index contributed by atoms with van der Waals surface area (Å²) in [5.74, 6) is -0.883. The van der Waals surface area contributed by atoms with Crippen molar-refractivity contribution in [3.63, 3.8) is 0 Å². The molecule has 0 atom stereocenters. The van der Waals surface area contributed by atoms with Crippen molar-refractivity contribution in [3.8, 4) is 0 Å². The van der Waals surface area contributed by atoms with E-state index in [1.165, 1.54) is 24.3 Å². The lowest BCUT2D eigenvalue weighted by atomic mass is 10.1. The van der Waals surface area contributed by atoms with Crippen LogP contribution >= 0.6 is 0 Å². The number of carbonyl (C=O) groups excluding carboxylic acids is 1. The van der Waals surface area contributed by atoms with Crippen LogP contribution < -0.4 is 0 Å². The van der Waals surface area contributed by atoms with Crippen LogP contribution in [0.3, 0.4) is 0 Å². The van der Waals surface area contributed by atoms with Gasteiger partial charge in [0.2, 0.25) is 0 Å². The summed E-state index contributed by atoms with van der Waals surface area (Å²) in [5, 5.41) is 0. The minimum atomic E-state index is -0.517. The molecule has 146 valence electrons. The molecule has 0 spiro atoms. The van der Waals surface area contributed by atoms with Gasteiger partial charge in [-0.1, -0.05) is 38.1 Å². The zero-order valence-electron chi connectivity index (χ0n) is 16.1. The maximum absolute atomic E-state index is 14.1. The SMILES string of the molecule is CC(C)CN(Cc1cccn1Cc1cccc(F)c1)C(=O)c1ccccc1F. The first kappa shape index (κ1) is 19.8. The van der Waals surface area contributed by atoms with Gasteiger partial charge in [-0.05, 0) is 47.9 Å². The fraction of sp³-hybridized carbons (Fsp3) is 0.261. The maximum Gasteiger partial charge on any atom is 0.257 e. The Morgan fingerprint density at radius 2 is 1.82 bits per heavy atom. The quantitative estimate of drug-likeness (QED) is 0.557. The number of nitrogens with zero attached hydrogens (tertiary/aromatic N) is 2. The van der Waals surface area contributed by atoms with E-state index in [-0.39, 0.29) is 23.2 Å². The Labute approximate surface area is 164 Å². The van der Waals surface area contributed by atoms with Gasteiger partial charge in [0.05, 0.1) is 12.1 Å². The standard InChI is InChI=1S/C23H24F2N2O/c1-17(2)14-27(23(28)21-10-3-4-11-22(21)25)16-20-9-6-12-26(20)15-18-7-5-8-19(24)13-18/h3-13,17H,14-16H2,1-2H3. The highest BCUT2D eigenvalue weighted by atomic mass is 19.1. The molecule has 28 heavy (non-hydrogen) atoms. The van der Waals surface area contributed by atoms with E-state index in [0.29, 0.717) is 19.6 Å². The van der Waals surface area contributed by atoms with Crippen LogP contribution in [0, 0.1) is 17.6 Å². The summed E-state index contributed by atoms with van der Waals surface area (Å²) >= 11 is 0.